The molecule has 3 nitrogen and oxygen atoms in total. The highest BCUT2D eigenvalue weighted by atomic mass is 79.9. The number of nitrogens with zero attached hydrogens (tertiary/aromatic N) is 1. The Morgan fingerprint density at radius 2 is 2.20 bits per heavy atom. The molecule has 0 fully saturated rings. The lowest BCUT2D eigenvalue weighted by Crippen LogP contribution is -2.10. The molecule has 6 heteroatoms. The molecule has 0 spiro atoms. The predicted octanol–water partition coefficient (Wildman–Crippen LogP) is 4.48. The summed E-state index contributed by atoms with van der Waals surface area (Å²) in [7, 11) is 0. The van der Waals surface area contributed by atoms with Gasteiger partial charge in [-0.1, -0.05) is 23.7 Å². The molecule has 0 bridgehead atoms. The normalized spacial score (nSPS) is 12.0. The molecule has 0 aliphatic heterocycles. The van der Waals surface area contributed by atoms with Crippen molar-refractivity contribution in [3.8, 4) is 0 Å². The van der Waals surface area contributed by atoms with Crippen LogP contribution in [0.2, 0.25) is 0 Å². The third kappa shape index (κ3) is 2.70. The zero-order chi connectivity index (χ0) is 14.1. The van der Waals surface area contributed by atoms with Gasteiger partial charge in [0.25, 0.3) is 5.56 Å². The SMILES string of the molecule is O=c1[nH]c(/C(Cl)=C/c2csc(Br)c2)nc2ccccc12. The second-order valence-electron chi connectivity index (χ2n) is 4.11. The first-order valence-electron chi connectivity index (χ1n) is 5.74. The Hall–Kier alpha value is -1.43. The molecule has 0 atom stereocenters. The number of benzene rings is 1. The van der Waals surface area contributed by atoms with Gasteiger partial charge in [-0.15, -0.1) is 11.3 Å². The van der Waals surface area contributed by atoms with E-state index in [9.17, 15) is 4.79 Å². The molecule has 20 heavy (non-hydrogen) atoms. The van der Waals surface area contributed by atoms with E-state index in [0.29, 0.717) is 21.8 Å². The smallest absolute Gasteiger partial charge is 0.259 e. The highest BCUT2D eigenvalue weighted by molar-refractivity contribution is 9.11. The van der Waals surface area contributed by atoms with Crippen molar-refractivity contribution in [1.82, 2.24) is 9.97 Å². The number of aromatic amines is 1. The lowest BCUT2D eigenvalue weighted by Gasteiger charge is -2.01. The fourth-order valence-electron chi connectivity index (χ4n) is 1.81. The molecule has 0 saturated carbocycles. The van der Waals surface area contributed by atoms with E-state index in [-0.39, 0.29) is 5.56 Å². The van der Waals surface area contributed by atoms with Crippen molar-refractivity contribution in [2.75, 3.05) is 0 Å². The zero-order valence-electron chi connectivity index (χ0n) is 10.1. The standard InChI is InChI=1S/C14H8BrClN2OS/c15-12-6-8(7-20-12)5-10(16)13-17-11-4-2-1-3-9(11)14(19)18-13/h1-7H,(H,17,18,19)/b10-5-. The summed E-state index contributed by atoms with van der Waals surface area (Å²) in [6.45, 7) is 0. The maximum absolute atomic E-state index is 12.0. The summed E-state index contributed by atoms with van der Waals surface area (Å²) in [5.41, 5.74) is 1.40. The summed E-state index contributed by atoms with van der Waals surface area (Å²) in [5.74, 6) is 0.373. The van der Waals surface area contributed by atoms with Crippen molar-refractivity contribution >= 4 is 60.9 Å². The number of para-hydroxylation sites is 1. The highest BCUT2D eigenvalue weighted by Crippen LogP contribution is 2.25. The maximum atomic E-state index is 12.0. The van der Waals surface area contributed by atoms with Gasteiger partial charge < -0.3 is 4.98 Å². The second kappa shape index (κ2) is 5.52. The number of rotatable bonds is 2. The minimum Gasteiger partial charge on any atom is -0.305 e. The number of thiophene rings is 1. The summed E-state index contributed by atoms with van der Waals surface area (Å²) >= 11 is 11.2. The molecule has 0 radical (unpaired) electrons. The van der Waals surface area contributed by atoms with Crippen LogP contribution in [0.3, 0.4) is 0 Å². The van der Waals surface area contributed by atoms with Gasteiger partial charge in [0, 0.05) is 0 Å². The number of H-pyrrole nitrogens is 1. The lowest BCUT2D eigenvalue weighted by molar-refractivity contribution is 1.14. The van der Waals surface area contributed by atoms with Crippen LogP contribution in [0.5, 0.6) is 0 Å². The van der Waals surface area contributed by atoms with E-state index in [0.717, 1.165) is 9.35 Å². The predicted molar refractivity (Wildman–Crippen MR) is 88.1 cm³/mol. The van der Waals surface area contributed by atoms with E-state index in [1.807, 2.05) is 17.5 Å². The molecule has 2 aromatic heterocycles. The Morgan fingerprint density at radius 3 is 2.95 bits per heavy atom. The van der Waals surface area contributed by atoms with E-state index in [1.165, 1.54) is 0 Å². The van der Waals surface area contributed by atoms with Crippen molar-refractivity contribution in [2.45, 2.75) is 0 Å². The molecular weight excluding hydrogens is 360 g/mol. The fraction of sp³-hybridized carbons (Fsp3) is 0. The molecule has 0 amide bonds. The van der Waals surface area contributed by atoms with Gasteiger partial charge in [-0.05, 0) is 51.1 Å². The Balaban J connectivity index is 2.10. The molecule has 0 aliphatic rings. The van der Waals surface area contributed by atoms with Crippen LogP contribution in [0.4, 0.5) is 0 Å². The van der Waals surface area contributed by atoms with Crippen molar-refractivity contribution in [3.63, 3.8) is 0 Å². The maximum Gasteiger partial charge on any atom is 0.259 e. The van der Waals surface area contributed by atoms with E-state index < -0.39 is 0 Å². The molecule has 3 aromatic rings. The van der Waals surface area contributed by atoms with Crippen LogP contribution in [-0.4, -0.2) is 9.97 Å². The zero-order valence-corrected chi connectivity index (χ0v) is 13.2. The first kappa shape index (κ1) is 13.5. The van der Waals surface area contributed by atoms with E-state index >= 15 is 0 Å². The quantitative estimate of drug-likeness (QED) is 0.725. The van der Waals surface area contributed by atoms with Gasteiger partial charge in [-0.2, -0.15) is 0 Å². The van der Waals surface area contributed by atoms with E-state index in [1.54, 1.807) is 35.6 Å². The van der Waals surface area contributed by atoms with Crippen LogP contribution in [0.15, 0.2) is 44.3 Å². The minimum atomic E-state index is -0.191. The van der Waals surface area contributed by atoms with Gasteiger partial charge in [-0.3, -0.25) is 4.79 Å². The van der Waals surface area contributed by atoms with Gasteiger partial charge in [0.15, 0.2) is 5.82 Å². The van der Waals surface area contributed by atoms with Crippen molar-refractivity contribution in [3.05, 3.63) is 61.2 Å². The number of hydrogen-bond acceptors (Lipinski definition) is 3. The van der Waals surface area contributed by atoms with Crippen LogP contribution < -0.4 is 5.56 Å². The lowest BCUT2D eigenvalue weighted by atomic mass is 10.2. The average Bonchev–Trinajstić information content (AvgIpc) is 2.84. The van der Waals surface area contributed by atoms with Crippen molar-refractivity contribution in [2.24, 2.45) is 0 Å². The molecular formula is C14H8BrClN2OS. The van der Waals surface area contributed by atoms with Gasteiger partial charge in [-0.25, -0.2) is 4.98 Å². The molecule has 0 saturated heterocycles. The highest BCUT2D eigenvalue weighted by Gasteiger charge is 2.06. The fourth-order valence-corrected chi connectivity index (χ4v) is 3.16. The Morgan fingerprint density at radius 1 is 1.40 bits per heavy atom. The molecule has 3 rings (SSSR count). The first-order valence-corrected chi connectivity index (χ1v) is 7.79. The van der Waals surface area contributed by atoms with Crippen LogP contribution in [0.1, 0.15) is 11.4 Å². The summed E-state index contributed by atoms with van der Waals surface area (Å²) in [5, 5.41) is 2.92. The first-order chi connectivity index (χ1) is 9.63. The summed E-state index contributed by atoms with van der Waals surface area (Å²) < 4.78 is 1.02. The summed E-state index contributed by atoms with van der Waals surface area (Å²) in [6.07, 6.45) is 1.77. The molecule has 1 N–H and O–H groups in total. The van der Waals surface area contributed by atoms with Gasteiger partial charge in [0.2, 0.25) is 0 Å². The van der Waals surface area contributed by atoms with Crippen LogP contribution in [0.25, 0.3) is 22.0 Å². The van der Waals surface area contributed by atoms with E-state index in [2.05, 4.69) is 25.9 Å². The second-order valence-corrected chi connectivity index (χ2v) is 6.81. The van der Waals surface area contributed by atoms with E-state index in [4.69, 9.17) is 11.6 Å². The summed E-state index contributed by atoms with van der Waals surface area (Å²) in [4.78, 5) is 19.1. The Labute approximate surface area is 132 Å². The van der Waals surface area contributed by atoms with Crippen LogP contribution >= 0.6 is 38.9 Å². The number of nitrogens with one attached hydrogen (secondary N) is 1. The number of fused-ring (bicyclic) bond motifs is 1. The minimum absolute atomic E-state index is 0.191. The molecule has 1 aromatic carbocycles. The van der Waals surface area contributed by atoms with Gasteiger partial charge in [0.05, 0.1) is 19.7 Å². The van der Waals surface area contributed by atoms with Gasteiger partial charge >= 0.3 is 0 Å². The Bertz CT molecular complexity index is 869. The topological polar surface area (TPSA) is 45.8 Å². The third-order valence-corrected chi connectivity index (χ3v) is 4.53. The third-order valence-electron chi connectivity index (χ3n) is 2.72. The number of hydrogen-bond donors (Lipinski definition) is 1. The average molecular weight is 368 g/mol. The van der Waals surface area contributed by atoms with Crippen LogP contribution in [-0.2, 0) is 0 Å². The number of halogens is 2. The van der Waals surface area contributed by atoms with Gasteiger partial charge in [0.1, 0.15) is 0 Å². The van der Waals surface area contributed by atoms with Crippen LogP contribution in [0, 0.1) is 0 Å². The molecule has 2 heterocycles. The number of aromatic nitrogens is 2. The monoisotopic (exact) mass is 366 g/mol. The molecule has 0 aliphatic carbocycles. The largest absolute Gasteiger partial charge is 0.305 e. The van der Waals surface area contributed by atoms with Crippen molar-refractivity contribution in [1.29, 1.82) is 0 Å². The molecule has 0 unspecified atom stereocenters. The summed E-state index contributed by atoms with van der Waals surface area (Å²) in [6, 6.07) is 9.12. The van der Waals surface area contributed by atoms with Crippen molar-refractivity contribution < 1.29 is 0 Å². The Kier molecular flexibility index (Phi) is 3.74. The molecule has 100 valence electrons.